The van der Waals surface area contributed by atoms with Crippen molar-refractivity contribution in [1.29, 1.82) is 0 Å². The summed E-state index contributed by atoms with van der Waals surface area (Å²) in [5.41, 5.74) is 4.27. The SMILES string of the molecule is CCOc1cccc2sc(N(CC3CCCO3)C(=O)Cc3ccc(C)c(C)c3)nc12. The number of thiazole rings is 1. The van der Waals surface area contributed by atoms with Crippen molar-refractivity contribution < 1.29 is 14.3 Å². The Labute approximate surface area is 181 Å². The summed E-state index contributed by atoms with van der Waals surface area (Å²) in [5.74, 6) is 0.807. The van der Waals surface area contributed by atoms with Crippen molar-refractivity contribution in [2.24, 2.45) is 0 Å². The Morgan fingerprint density at radius 3 is 2.87 bits per heavy atom. The lowest BCUT2D eigenvalue weighted by atomic mass is 10.0. The first-order valence-electron chi connectivity index (χ1n) is 10.6. The first-order valence-corrected chi connectivity index (χ1v) is 11.4. The lowest BCUT2D eigenvalue weighted by Gasteiger charge is -2.23. The summed E-state index contributed by atoms with van der Waals surface area (Å²) in [6.07, 6.45) is 2.43. The second-order valence-electron chi connectivity index (χ2n) is 7.77. The number of benzene rings is 2. The lowest BCUT2D eigenvalue weighted by molar-refractivity contribution is -0.118. The molecule has 1 atom stereocenters. The van der Waals surface area contributed by atoms with Crippen LogP contribution in [0.5, 0.6) is 5.75 Å². The molecule has 158 valence electrons. The van der Waals surface area contributed by atoms with Crippen molar-refractivity contribution in [3.05, 3.63) is 53.1 Å². The number of nitrogens with zero attached hydrogens (tertiary/aromatic N) is 2. The standard InChI is InChI=1S/C24H28N2O3S/c1-4-28-20-8-5-9-21-23(20)25-24(30-21)26(15-19-7-6-12-29-19)22(27)14-18-11-10-16(2)17(3)13-18/h5,8-11,13,19H,4,6-7,12,14-15H2,1-3H3. The molecule has 1 unspecified atom stereocenters. The van der Waals surface area contributed by atoms with Crippen LogP contribution in [0, 0.1) is 13.8 Å². The van der Waals surface area contributed by atoms with Gasteiger partial charge in [0.05, 0.1) is 30.4 Å². The summed E-state index contributed by atoms with van der Waals surface area (Å²) < 4.78 is 12.6. The Balaban J connectivity index is 1.65. The first-order chi connectivity index (χ1) is 14.5. The highest BCUT2D eigenvalue weighted by Crippen LogP contribution is 2.35. The Bertz CT molecular complexity index is 1040. The van der Waals surface area contributed by atoms with Crippen LogP contribution in [0.15, 0.2) is 36.4 Å². The molecule has 0 aliphatic carbocycles. The molecular formula is C24H28N2O3S. The van der Waals surface area contributed by atoms with Gasteiger partial charge in [-0.05, 0) is 62.4 Å². The molecule has 0 saturated carbocycles. The van der Waals surface area contributed by atoms with Gasteiger partial charge < -0.3 is 9.47 Å². The molecule has 1 amide bonds. The van der Waals surface area contributed by atoms with Crippen LogP contribution in [0.3, 0.4) is 0 Å². The van der Waals surface area contributed by atoms with E-state index in [4.69, 9.17) is 14.5 Å². The van der Waals surface area contributed by atoms with E-state index in [0.717, 1.165) is 41.0 Å². The number of carbonyl (C=O) groups excluding carboxylic acids is 1. The molecule has 4 rings (SSSR count). The summed E-state index contributed by atoms with van der Waals surface area (Å²) in [7, 11) is 0. The Morgan fingerprint density at radius 1 is 1.27 bits per heavy atom. The monoisotopic (exact) mass is 424 g/mol. The number of para-hydroxylation sites is 1. The minimum Gasteiger partial charge on any atom is -0.492 e. The molecule has 6 heteroatoms. The molecule has 2 aromatic carbocycles. The number of amides is 1. The van der Waals surface area contributed by atoms with E-state index in [2.05, 4.69) is 26.0 Å². The van der Waals surface area contributed by atoms with Crippen LogP contribution < -0.4 is 9.64 Å². The molecule has 1 aromatic heterocycles. The smallest absolute Gasteiger partial charge is 0.233 e. The van der Waals surface area contributed by atoms with Gasteiger partial charge in [0.1, 0.15) is 11.3 Å². The number of aromatic nitrogens is 1. The van der Waals surface area contributed by atoms with Gasteiger partial charge in [-0.25, -0.2) is 4.98 Å². The number of rotatable bonds is 7. The van der Waals surface area contributed by atoms with Crippen molar-refractivity contribution in [1.82, 2.24) is 4.98 Å². The number of carbonyl (C=O) groups is 1. The zero-order chi connectivity index (χ0) is 21.1. The van der Waals surface area contributed by atoms with Gasteiger partial charge in [-0.15, -0.1) is 0 Å². The zero-order valence-corrected chi connectivity index (χ0v) is 18.6. The Hall–Kier alpha value is -2.44. The minimum absolute atomic E-state index is 0.0470. The van der Waals surface area contributed by atoms with Crippen LogP contribution in [0.2, 0.25) is 0 Å². The van der Waals surface area contributed by atoms with Crippen LogP contribution in [0.4, 0.5) is 5.13 Å². The van der Waals surface area contributed by atoms with Crippen LogP contribution >= 0.6 is 11.3 Å². The maximum absolute atomic E-state index is 13.4. The van der Waals surface area contributed by atoms with E-state index >= 15 is 0 Å². The highest BCUT2D eigenvalue weighted by Gasteiger charge is 2.26. The molecule has 2 heterocycles. The fourth-order valence-electron chi connectivity index (χ4n) is 3.76. The normalized spacial score (nSPS) is 16.2. The topological polar surface area (TPSA) is 51.7 Å². The fraction of sp³-hybridized carbons (Fsp3) is 0.417. The van der Waals surface area contributed by atoms with Crippen molar-refractivity contribution in [2.45, 2.75) is 46.1 Å². The van der Waals surface area contributed by atoms with Crippen molar-refractivity contribution in [3.63, 3.8) is 0 Å². The molecule has 1 aliphatic heterocycles. The molecule has 5 nitrogen and oxygen atoms in total. The summed E-state index contributed by atoms with van der Waals surface area (Å²) in [4.78, 5) is 20.0. The van der Waals surface area contributed by atoms with Gasteiger partial charge in [-0.2, -0.15) is 0 Å². The maximum atomic E-state index is 13.4. The van der Waals surface area contributed by atoms with Gasteiger partial charge in [0.15, 0.2) is 5.13 Å². The largest absolute Gasteiger partial charge is 0.492 e. The highest BCUT2D eigenvalue weighted by atomic mass is 32.1. The molecule has 3 aromatic rings. The lowest BCUT2D eigenvalue weighted by Crippen LogP contribution is -2.38. The molecular weight excluding hydrogens is 396 g/mol. The molecule has 30 heavy (non-hydrogen) atoms. The van der Waals surface area contributed by atoms with Crippen LogP contribution in [0.1, 0.15) is 36.5 Å². The second kappa shape index (κ2) is 9.14. The van der Waals surface area contributed by atoms with Gasteiger partial charge >= 0.3 is 0 Å². The maximum Gasteiger partial charge on any atom is 0.233 e. The first kappa shape index (κ1) is 20.8. The summed E-state index contributed by atoms with van der Waals surface area (Å²) in [5, 5.41) is 0.710. The summed E-state index contributed by atoms with van der Waals surface area (Å²) in [6, 6.07) is 12.1. The number of aryl methyl sites for hydroxylation is 2. The van der Waals surface area contributed by atoms with Crippen LogP contribution in [0.25, 0.3) is 10.2 Å². The van der Waals surface area contributed by atoms with E-state index in [1.54, 1.807) is 0 Å². The van der Waals surface area contributed by atoms with Gasteiger partial charge in [-0.1, -0.05) is 35.6 Å². The molecule has 0 bridgehead atoms. The second-order valence-corrected chi connectivity index (χ2v) is 8.78. The number of hydrogen-bond donors (Lipinski definition) is 0. The number of anilines is 1. The summed E-state index contributed by atoms with van der Waals surface area (Å²) >= 11 is 1.53. The summed E-state index contributed by atoms with van der Waals surface area (Å²) in [6.45, 7) is 8.00. The molecule has 0 radical (unpaired) electrons. The predicted octanol–water partition coefficient (Wildman–Crippen LogP) is 5.07. The minimum atomic E-state index is 0.0470. The number of fused-ring (bicyclic) bond motifs is 1. The molecule has 1 saturated heterocycles. The zero-order valence-electron chi connectivity index (χ0n) is 17.8. The molecule has 1 aliphatic rings. The van der Waals surface area contributed by atoms with Gasteiger partial charge in [0.25, 0.3) is 0 Å². The molecule has 1 fully saturated rings. The van der Waals surface area contributed by atoms with Crippen LogP contribution in [-0.2, 0) is 16.0 Å². The van der Waals surface area contributed by atoms with Gasteiger partial charge in [-0.3, -0.25) is 9.69 Å². The fourth-order valence-corrected chi connectivity index (χ4v) is 4.77. The van der Waals surface area contributed by atoms with Crippen LogP contribution in [-0.4, -0.2) is 36.8 Å². The third-order valence-electron chi connectivity index (χ3n) is 5.54. The number of ether oxygens (including phenoxy) is 2. The molecule has 0 N–H and O–H groups in total. The van der Waals surface area contributed by atoms with E-state index in [-0.39, 0.29) is 12.0 Å². The van der Waals surface area contributed by atoms with E-state index in [1.807, 2.05) is 36.1 Å². The van der Waals surface area contributed by atoms with E-state index in [1.165, 1.54) is 22.5 Å². The van der Waals surface area contributed by atoms with Crippen molar-refractivity contribution >= 4 is 32.6 Å². The van der Waals surface area contributed by atoms with Gasteiger partial charge in [0.2, 0.25) is 5.91 Å². The predicted molar refractivity (Wildman–Crippen MR) is 122 cm³/mol. The van der Waals surface area contributed by atoms with E-state index < -0.39 is 0 Å². The van der Waals surface area contributed by atoms with E-state index in [9.17, 15) is 4.79 Å². The third kappa shape index (κ3) is 4.50. The third-order valence-corrected chi connectivity index (χ3v) is 6.58. The molecule has 0 spiro atoms. The number of hydrogen-bond acceptors (Lipinski definition) is 5. The highest BCUT2D eigenvalue weighted by molar-refractivity contribution is 7.22. The average Bonchev–Trinajstić information content (AvgIpc) is 3.39. The van der Waals surface area contributed by atoms with Crippen molar-refractivity contribution in [3.8, 4) is 5.75 Å². The Kier molecular flexibility index (Phi) is 6.35. The average molecular weight is 425 g/mol. The van der Waals surface area contributed by atoms with E-state index in [0.29, 0.717) is 24.7 Å². The van der Waals surface area contributed by atoms with Gasteiger partial charge in [0, 0.05) is 6.61 Å². The Morgan fingerprint density at radius 2 is 2.13 bits per heavy atom. The quantitative estimate of drug-likeness (QED) is 0.532. The van der Waals surface area contributed by atoms with Crippen molar-refractivity contribution in [2.75, 3.05) is 24.7 Å².